The molecule has 2 N–H and O–H groups in total. The van der Waals surface area contributed by atoms with Gasteiger partial charge < -0.3 is 10.4 Å². The van der Waals surface area contributed by atoms with Crippen LogP contribution in [0.3, 0.4) is 0 Å². The number of hydrogen-bond acceptors (Lipinski definition) is 2. The van der Waals surface area contributed by atoms with Crippen LogP contribution in [0.5, 0.6) is 0 Å². The average molecular weight is 270 g/mol. The fourth-order valence-electron chi connectivity index (χ4n) is 1.79. The third kappa shape index (κ3) is 3.47. The van der Waals surface area contributed by atoms with Crippen LogP contribution in [0.25, 0.3) is 0 Å². The molecule has 1 rings (SSSR count). The molecule has 0 aliphatic rings. The number of anilines is 1. The number of nitrogens with one attached hydrogen (secondary N) is 1. The van der Waals surface area contributed by atoms with Gasteiger partial charge in [-0.1, -0.05) is 25.4 Å². The fraction of sp³-hybridized carbons (Fsp3) is 0.500. The van der Waals surface area contributed by atoms with E-state index in [2.05, 4.69) is 5.32 Å². The minimum Gasteiger partial charge on any atom is -0.392 e. The number of hydrogen-bond donors (Lipinski definition) is 2. The van der Waals surface area contributed by atoms with Gasteiger partial charge in [0.15, 0.2) is 0 Å². The largest absolute Gasteiger partial charge is 0.392 e. The first-order chi connectivity index (χ1) is 8.25. The van der Waals surface area contributed by atoms with Gasteiger partial charge in [-0.3, -0.25) is 4.79 Å². The highest BCUT2D eigenvalue weighted by atomic mass is 35.5. The molecule has 1 amide bonds. The average Bonchev–Trinajstić information content (AvgIpc) is 2.30. The molecule has 3 nitrogen and oxygen atoms in total. The van der Waals surface area contributed by atoms with Gasteiger partial charge in [0.1, 0.15) is 0 Å². The van der Waals surface area contributed by atoms with Crippen molar-refractivity contribution in [3.05, 3.63) is 29.3 Å². The van der Waals surface area contributed by atoms with E-state index in [0.29, 0.717) is 10.7 Å². The summed E-state index contributed by atoms with van der Waals surface area (Å²) in [5.41, 5.74) is -0.165. The Hall–Kier alpha value is -1.06. The summed E-state index contributed by atoms with van der Waals surface area (Å²) in [5, 5.41) is 13.5. The van der Waals surface area contributed by atoms with E-state index >= 15 is 0 Å². The van der Waals surface area contributed by atoms with Crippen molar-refractivity contribution in [1.29, 1.82) is 0 Å². The maximum atomic E-state index is 12.2. The molecule has 0 spiro atoms. The SMILES string of the molecule is CC(C)C(O)C(C)(C)C(=O)Nc1ccc(Cl)cc1. The van der Waals surface area contributed by atoms with E-state index in [1.165, 1.54) is 0 Å². The van der Waals surface area contributed by atoms with E-state index in [1.54, 1.807) is 38.1 Å². The molecular formula is C14H20ClNO2. The molecule has 1 atom stereocenters. The molecule has 0 saturated carbocycles. The third-order valence-corrected chi connectivity index (χ3v) is 3.31. The van der Waals surface area contributed by atoms with Gasteiger partial charge in [-0.25, -0.2) is 0 Å². The van der Waals surface area contributed by atoms with Crippen molar-refractivity contribution in [2.45, 2.75) is 33.8 Å². The van der Waals surface area contributed by atoms with Crippen LogP contribution in [-0.4, -0.2) is 17.1 Å². The van der Waals surface area contributed by atoms with Crippen molar-refractivity contribution in [1.82, 2.24) is 0 Å². The van der Waals surface area contributed by atoms with E-state index in [4.69, 9.17) is 11.6 Å². The van der Waals surface area contributed by atoms with Crippen LogP contribution >= 0.6 is 11.6 Å². The predicted molar refractivity (Wildman–Crippen MR) is 74.7 cm³/mol. The van der Waals surface area contributed by atoms with E-state index in [9.17, 15) is 9.90 Å². The summed E-state index contributed by atoms with van der Waals surface area (Å²) in [6.07, 6.45) is -0.690. The monoisotopic (exact) mass is 269 g/mol. The molecule has 1 unspecified atom stereocenters. The van der Waals surface area contributed by atoms with Gasteiger partial charge in [0.2, 0.25) is 5.91 Å². The van der Waals surface area contributed by atoms with Gasteiger partial charge in [0, 0.05) is 10.7 Å². The Bertz CT molecular complexity index is 412. The number of amides is 1. The van der Waals surface area contributed by atoms with Gasteiger partial charge in [-0.2, -0.15) is 0 Å². The molecule has 0 aromatic heterocycles. The quantitative estimate of drug-likeness (QED) is 0.881. The highest BCUT2D eigenvalue weighted by Gasteiger charge is 2.37. The minimum absolute atomic E-state index is 0.0240. The van der Waals surface area contributed by atoms with E-state index in [-0.39, 0.29) is 11.8 Å². The summed E-state index contributed by atoms with van der Waals surface area (Å²) < 4.78 is 0. The molecule has 1 aromatic carbocycles. The maximum absolute atomic E-state index is 12.2. The van der Waals surface area contributed by atoms with Crippen molar-refractivity contribution in [3.63, 3.8) is 0 Å². The summed E-state index contributed by atoms with van der Waals surface area (Å²) in [4.78, 5) is 12.2. The van der Waals surface area contributed by atoms with Crippen LogP contribution < -0.4 is 5.32 Å². The number of halogens is 1. The number of carbonyl (C=O) groups is 1. The Kier molecular flexibility index (Phi) is 4.77. The zero-order valence-electron chi connectivity index (χ0n) is 11.2. The number of rotatable bonds is 4. The molecule has 0 saturated heterocycles. The van der Waals surface area contributed by atoms with Crippen molar-refractivity contribution < 1.29 is 9.90 Å². The molecule has 0 aliphatic carbocycles. The summed E-state index contributed by atoms with van der Waals surface area (Å²) in [6.45, 7) is 7.26. The van der Waals surface area contributed by atoms with Crippen LogP contribution in [-0.2, 0) is 4.79 Å². The molecule has 0 aliphatic heterocycles. The molecule has 4 heteroatoms. The second kappa shape index (κ2) is 5.72. The smallest absolute Gasteiger partial charge is 0.232 e. The lowest BCUT2D eigenvalue weighted by Gasteiger charge is -2.31. The summed E-state index contributed by atoms with van der Waals surface area (Å²) in [5.74, 6) is -0.179. The first-order valence-corrected chi connectivity index (χ1v) is 6.38. The Labute approximate surface area is 113 Å². The lowest BCUT2D eigenvalue weighted by Crippen LogP contribution is -2.43. The molecule has 18 heavy (non-hydrogen) atoms. The lowest BCUT2D eigenvalue weighted by molar-refractivity contribution is -0.131. The highest BCUT2D eigenvalue weighted by molar-refractivity contribution is 6.30. The first-order valence-electron chi connectivity index (χ1n) is 6.00. The Morgan fingerprint density at radius 3 is 2.22 bits per heavy atom. The van der Waals surface area contributed by atoms with E-state index in [0.717, 1.165) is 0 Å². The van der Waals surface area contributed by atoms with Crippen molar-refractivity contribution >= 4 is 23.2 Å². The number of benzene rings is 1. The second-order valence-electron chi connectivity index (χ2n) is 5.37. The van der Waals surface area contributed by atoms with E-state index in [1.807, 2.05) is 13.8 Å². The standard InChI is InChI=1S/C14H20ClNO2/c1-9(2)12(17)14(3,4)13(18)16-11-7-5-10(15)6-8-11/h5-9,12,17H,1-4H3,(H,16,18). The molecule has 100 valence electrons. The topological polar surface area (TPSA) is 49.3 Å². The molecule has 0 fully saturated rings. The van der Waals surface area contributed by atoms with Crippen molar-refractivity contribution in [3.8, 4) is 0 Å². The molecule has 0 radical (unpaired) electrons. The summed E-state index contributed by atoms with van der Waals surface area (Å²) in [7, 11) is 0. The Morgan fingerprint density at radius 2 is 1.78 bits per heavy atom. The molecular weight excluding hydrogens is 250 g/mol. The van der Waals surface area contributed by atoms with Gasteiger partial charge >= 0.3 is 0 Å². The van der Waals surface area contributed by atoms with Crippen molar-refractivity contribution in [2.24, 2.45) is 11.3 Å². The third-order valence-electron chi connectivity index (χ3n) is 3.06. The van der Waals surface area contributed by atoms with Crippen molar-refractivity contribution in [2.75, 3.05) is 5.32 Å². The van der Waals surface area contributed by atoms with E-state index < -0.39 is 11.5 Å². The van der Waals surface area contributed by atoms with Gasteiger partial charge in [0.25, 0.3) is 0 Å². The second-order valence-corrected chi connectivity index (χ2v) is 5.81. The van der Waals surface area contributed by atoms with Crippen LogP contribution in [0.1, 0.15) is 27.7 Å². The lowest BCUT2D eigenvalue weighted by atomic mass is 9.80. The van der Waals surface area contributed by atoms with Crippen LogP contribution in [0.4, 0.5) is 5.69 Å². The predicted octanol–water partition coefficient (Wildman–Crippen LogP) is 3.32. The zero-order valence-corrected chi connectivity index (χ0v) is 12.0. The zero-order chi connectivity index (χ0) is 13.9. The maximum Gasteiger partial charge on any atom is 0.232 e. The molecule has 1 aromatic rings. The van der Waals surface area contributed by atoms with Gasteiger partial charge in [-0.15, -0.1) is 0 Å². The van der Waals surface area contributed by atoms with Crippen LogP contribution in [0.2, 0.25) is 5.02 Å². The number of aliphatic hydroxyl groups excluding tert-OH is 1. The summed E-state index contributed by atoms with van der Waals surface area (Å²) in [6, 6.07) is 6.89. The Balaban J connectivity index is 2.78. The first kappa shape index (κ1) is 15.0. The van der Waals surface area contributed by atoms with Gasteiger partial charge in [-0.05, 0) is 44.0 Å². The van der Waals surface area contributed by atoms with Crippen LogP contribution in [0, 0.1) is 11.3 Å². The van der Waals surface area contributed by atoms with Crippen LogP contribution in [0.15, 0.2) is 24.3 Å². The Morgan fingerprint density at radius 1 is 1.28 bits per heavy atom. The number of aliphatic hydroxyl groups is 1. The minimum atomic E-state index is -0.839. The molecule has 0 bridgehead atoms. The van der Waals surface area contributed by atoms with Gasteiger partial charge in [0.05, 0.1) is 11.5 Å². The summed E-state index contributed by atoms with van der Waals surface area (Å²) >= 11 is 5.78. The normalized spacial score (nSPS) is 13.5. The fourth-order valence-corrected chi connectivity index (χ4v) is 1.92. The highest BCUT2D eigenvalue weighted by Crippen LogP contribution is 2.28. The number of carbonyl (C=O) groups excluding carboxylic acids is 1. The molecule has 0 heterocycles.